The van der Waals surface area contributed by atoms with Gasteiger partial charge in [0, 0.05) is 11.1 Å². The van der Waals surface area contributed by atoms with Gasteiger partial charge in [-0.3, -0.25) is 4.79 Å². The van der Waals surface area contributed by atoms with E-state index >= 15 is 0 Å². The van der Waals surface area contributed by atoms with Crippen LogP contribution in [0.15, 0.2) is 48.7 Å². The van der Waals surface area contributed by atoms with E-state index in [4.69, 9.17) is 0 Å². The second-order valence-electron chi connectivity index (χ2n) is 7.41. The van der Waals surface area contributed by atoms with Crippen LogP contribution in [0.2, 0.25) is 0 Å². The molecule has 0 saturated heterocycles. The first-order chi connectivity index (χ1) is 15.1. The molecule has 0 aliphatic carbocycles. The first-order valence-electron chi connectivity index (χ1n) is 9.68. The predicted octanol–water partition coefficient (Wildman–Crippen LogP) is 1.85. The molecule has 1 aliphatic heterocycles. The van der Waals surface area contributed by atoms with E-state index in [9.17, 15) is 32.4 Å². The standard InChI is InChI=1S/C20H17BF4N4O3/c22-15-2-1-3-17-14(15)8-9-18(19(30)28(17)11-20(23,24)25)29-10-16(26-27-29)12-4-6-13(7-5-12)21(31)32/h1-7,10,18,31-32H,8-9,11H2/t18-/m0/s1. The number of aromatic nitrogens is 3. The first kappa shape index (κ1) is 22.0. The summed E-state index contributed by atoms with van der Waals surface area (Å²) in [5.74, 6) is -1.53. The van der Waals surface area contributed by atoms with Gasteiger partial charge in [0.2, 0.25) is 0 Å². The summed E-state index contributed by atoms with van der Waals surface area (Å²) in [5.41, 5.74) is 1.11. The van der Waals surface area contributed by atoms with E-state index in [-0.39, 0.29) is 29.6 Å². The molecule has 12 heteroatoms. The number of hydrogen-bond donors (Lipinski definition) is 2. The molecule has 0 radical (unpaired) electrons. The monoisotopic (exact) mass is 448 g/mol. The summed E-state index contributed by atoms with van der Waals surface area (Å²) in [6, 6.07) is 8.69. The molecule has 4 rings (SSSR count). The molecule has 1 amide bonds. The topological polar surface area (TPSA) is 91.5 Å². The largest absolute Gasteiger partial charge is 0.488 e. The van der Waals surface area contributed by atoms with E-state index in [1.807, 2.05) is 0 Å². The Morgan fingerprint density at radius 1 is 1.12 bits per heavy atom. The highest BCUT2D eigenvalue weighted by Crippen LogP contribution is 2.35. The van der Waals surface area contributed by atoms with Gasteiger partial charge in [-0.05, 0) is 30.4 Å². The van der Waals surface area contributed by atoms with Crippen molar-refractivity contribution in [2.75, 3.05) is 11.4 Å². The Hall–Kier alpha value is -3.25. The number of amides is 1. The highest BCUT2D eigenvalue weighted by molar-refractivity contribution is 6.58. The quantitative estimate of drug-likeness (QED) is 0.470. The van der Waals surface area contributed by atoms with Crippen LogP contribution in [0.25, 0.3) is 11.3 Å². The fourth-order valence-electron chi connectivity index (χ4n) is 3.73. The van der Waals surface area contributed by atoms with Crippen LogP contribution in [0, 0.1) is 5.82 Å². The van der Waals surface area contributed by atoms with E-state index in [1.165, 1.54) is 35.1 Å². The zero-order valence-corrected chi connectivity index (χ0v) is 16.5. The van der Waals surface area contributed by atoms with Crippen molar-refractivity contribution in [3.8, 4) is 11.3 Å². The third-order valence-electron chi connectivity index (χ3n) is 5.28. The number of benzene rings is 2. The van der Waals surface area contributed by atoms with Gasteiger partial charge in [-0.15, -0.1) is 5.10 Å². The zero-order valence-electron chi connectivity index (χ0n) is 16.5. The highest BCUT2D eigenvalue weighted by atomic mass is 19.4. The lowest BCUT2D eigenvalue weighted by molar-refractivity contribution is -0.134. The number of fused-ring (bicyclic) bond motifs is 1. The number of nitrogens with zero attached hydrogens (tertiary/aromatic N) is 4. The lowest BCUT2D eigenvalue weighted by Crippen LogP contribution is -2.42. The number of halogens is 4. The molecule has 3 aromatic rings. The first-order valence-corrected chi connectivity index (χ1v) is 9.68. The van der Waals surface area contributed by atoms with Gasteiger partial charge in [0.05, 0.1) is 11.9 Å². The maximum atomic E-state index is 14.3. The van der Waals surface area contributed by atoms with Crippen molar-refractivity contribution in [3.63, 3.8) is 0 Å². The third-order valence-corrected chi connectivity index (χ3v) is 5.28. The minimum Gasteiger partial charge on any atom is -0.423 e. The fourth-order valence-corrected chi connectivity index (χ4v) is 3.73. The molecule has 0 unspecified atom stereocenters. The van der Waals surface area contributed by atoms with Gasteiger partial charge in [-0.2, -0.15) is 13.2 Å². The third kappa shape index (κ3) is 4.37. The molecule has 1 aromatic heterocycles. The summed E-state index contributed by atoms with van der Waals surface area (Å²) in [6.45, 7) is -1.55. The Morgan fingerprint density at radius 3 is 2.50 bits per heavy atom. The second kappa shape index (κ2) is 8.36. The molecule has 2 aromatic carbocycles. The van der Waals surface area contributed by atoms with Gasteiger partial charge in [-0.25, -0.2) is 9.07 Å². The number of anilines is 1. The normalized spacial score (nSPS) is 16.6. The van der Waals surface area contributed by atoms with Crippen molar-refractivity contribution >= 4 is 24.2 Å². The van der Waals surface area contributed by atoms with Crippen LogP contribution in [0.5, 0.6) is 0 Å². The van der Waals surface area contributed by atoms with Gasteiger partial charge in [0.25, 0.3) is 5.91 Å². The molecule has 0 fully saturated rings. The zero-order chi connectivity index (χ0) is 23.0. The Bertz CT molecular complexity index is 1130. The van der Waals surface area contributed by atoms with Crippen molar-refractivity contribution in [3.05, 3.63) is 60.0 Å². The molecule has 32 heavy (non-hydrogen) atoms. The van der Waals surface area contributed by atoms with Crippen molar-refractivity contribution < 1.29 is 32.4 Å². The number of rotatable bonds is 4. The summed E-state index contributed by atoms with van der Waals surface area (Å²) >= 11 is 0. The van der Waals surface area contributed by atoms with Gasteiger partial charge >= 0.3 is 13.3 Å². The Kier molecular flexibility index (Phi) is 5.74. The Morgan fingerprint density at radius 2 is 1.84 bits per heavy atom. The van der Waals surface area contributed by atoms with Crippen LogP contribution < -0.4 is 10.4 Å². The van der Waals surface area contributed by atoms with Crippen molar-refractivity contribution in [2.45, 2.75) is 25.1 Å². The van der Waals surface area contributed by atoms with Crippen LogP contribution >= 0.6 is 0 Å². The maximum Gasteiger partial charge on any atom is 0.488 e. The van der Waals surface area contributed by atoms with E-state index in [2.05, 4.69) is 10.3 Å². The molecule has 0 bridgehead atoms. The van der Waals surface area contributed by atoms with E-state index < -0.39 is 37.6 Å². The van der Waals surface area contributed by atoms with Crippen molar-refractivity contribution in [1.82, 2.24) is 15.0 Å². The number of carbonyl (C=O) groups is 1. The Balaban J connectivity index is 1.67. The van der Waals surface area contributed by atoms with Crippen LogP contribution in [-0.4, -0.2) is 50.8 Å². The molecular formula is C20H17BF4N4O3. The van der Waals surface area contributed by atoms with Gasteiger partial charge in [-0.1, -0.05) is 35.5 Å². The fraction of sp³-hybridized carbons (Fsp3) is 0.250. The molecular weight excluding hydrogens is 431 g/mol. The van der Waals surface area contributed by atoms with Gasteiger partial charge in [0.15, 0.2) is 0 Å². The smallest absolute Gasteiger partial charge is 0.423 e. The average molecular weight is 448 g/mol. The lowest BCUT2D eigenvalue weighted by Gasteiger charge is -2.26. The average Bonchev–Trinajstić information content (AvgIpc) is 3.17. The van der Waals surface area contributed by atoms with Crippen LogP contribution in [0.1, 0.15) is 18.0 Å². The summed E-state index contributed by atoms with van der Waals surface area (Å²) in [4.78, 5) is 13.7. The Labute approximate surface area is 180 Å². The maximum absolute atomic E-state index is 14.3. The van der Waals surface area contributed by atoms with Gasteiger partial charge in [0.1, 0.15) is 24.1 Å². The summed E-state index contributed by atoms with van der Waals surface area (Å²) < 4.78 is 55.2. The molecule has 0 saturated carbocycles. The SMILES string of the molecule is O=C1[C@@H](n2cc(-c3ccc(B(O)O)cc3)nn2)CCc2c(F)cccc2N1CC(F)(F)F. The summed E-state index contributed by atoms with van der Waals surface area (Å²) in [5, 5.41) is 26.3. The molecule has 7 nitrogen and oxygen atoms in total. The van der Waals surface area contributed by atoms with Crippen molar-refractivity contribution in [2.24, 2.45) is 0 Å². The van der Waals surface area contributed by atoms with E-state index in [0.717, 1.165) is 6.07 Å². The number of alkyl halides is 3. The molecule has 2 N–H and O–H groups in total. The molecule has 1 aliphatic rings. The highest BCUT2D eigenvalue weighted by Gasteiger charge is 2.40. The van der Waals surface area contributed by atoms with E-state index in [0.29, 0.717) is 16.2 Å². The molecule has 2 heterocycles. The molecule has 166 valence electrons. The molecule has 1 atom stereocenters. The summed E-state index contributed by atoms with van der Waals surface area (Å²) in [6.07, 6.45) is -3.17. The molecule has 0 spiro atoms. The number of hydrogen-bond acceptors (Lipinski definition) is 5. The lowest BCUT2D eigenvalue weighted by atomic mass is 9.80. The summed E-state index contributed by atoms with van der Waals surface area (Å²) in [7, 11) is -1.63. The predicted molar refractivity (Wildman–Crippen MR) is 107 cm³/mol. The second-order valence-corrected chi connectivity index (χ2v) is 7.41. The van der Waals surface area contributed by atoms with E-state index in [1.54, 1.807) is 12.1 Å². The van der Waals surface area contributed by atoms with Gasteiger partial charge < -0.3 is 14.9 Å². The minimum atomic E-state index is -4.68. The van der Waals surface area contributed by atoms with Crippen LogP contribution in [0.4, 0.5) is 23.2 Å². The van der Waals surface area contributed by atoms with Crippen molar-refractivity contribution in [1.29, 1.82) is 0 Å². The van der Waals surface area contributed by atoms with Crippen LogP contribution in [0.3, 0.4) is 0 Å². The van der Waals surface area contributed by atoms with Crippen LogP contribution in [-0.2, 0) is 11.2 Å². The minimum absolute atomic E-state index is 0.0412. The number of carbonyl (C=O) groups excluding carboxylic acids is 1.